The quantitative estimate of drug-likeness (QED) is 0.0321. The van der Waals surface area contributed by atoms with E-state index in [0.717, 1.165) is 57.8 Å². The SMILES string of the molecule is CCCC/C=C\C/C=C\CCCCCCCC(=O)OCCCCCCCCCCC/C=C\C/C=C\CCCCCCCCCCCCCCCCCC(=O)NC(CO)C(O)CCCCCCCCCCC. The minimum atomic E-state index is -0.662. The lowest BCUT2D eigenvalue weighted by molar-refractivity contribution is -0.143. The van der Waals surface area contributed by atoms with Crippen LogP contribution in [0.5, 0.6) is 0 Å². The molecule has 0 radical (unpaired) electrons. The predicted octanol–water partition coefficient (Wildman–Crippen LogP) is 19.7. The van der Waals surface area contributed by atoms with Crippen LogP contribution in [0.1, 0.15) is 328 Å². The Morgan fingerprint density at radius 2 is 0.718 bits per heavy atom. The van der Waals surface area contributed by atoms with Crippen LogP contribution in [-0.4, -0.2) is 47.4 Å². The zero-order valence-corrected chi connectivity index (χ0v) is 47.5. The topological polar surface area (TPSA) is 95.9 Å². The number of amides is 1. The van der Waals surface area contributed by atoms with Gasteiger partial charge in [0, 0.05) is 12.8 Å². The summed E-state index contributed by atoms with van der Waals surface area (Å²) in [4.78, 5) is 24.4. The number of unbranched alkanes of at least 4 members (excludes halogenated alkanes) is 39. The molecule has 0 aliphatic rings. The summed E-state index contributed by atoms with van der Waals surface area (Å²) in [5.41, 5.74) is 0. The average Bonchev–Trinajstić information content (AvgIpc) is 3.37. The van der Waals surface area contributed by atoms with E-state index in [1.165, 1.54) is 238 Å². The van der Waals surface area contributed by atoms with Crippen molar-refractivity contribution >= 4 is 11.9 Å². The lowest BCUT2D eigenvalue weighted by Gasteiger charge is -2.22. The number of carbonyl (C=O) groups is 2. The van der Waals surface area contributed by atoms with Crippen molar-refractivity contribution in [1.82, 2.24) is 5.32 Å². The molecule has 0 aromatic rings. The molecule has 0 fully saturated rings. The van der Waals surface area contributed by atoms with Crippen molar-refractivity contribution in [3.05, 3.63) is 48.6 Å². The minimum Gasteiger partial charge on any atom is -0.466 e. The molecule has 0 aliphatic heterocycles. The van der Waals surface area contributed by atoms with Crippen LogP contribution >= 0.6 is 0 Å². The van der Waals surface area contributed by atoms with Crippen molar-refractivity contribution < 1.29 is 24.5 Å². The van der Waals surface area contributed by atoms with Gasteiger partial charge in [-0.15, -0.1) is 0 Å². The first-order valence-electron chi connectivity index (χ1n) is 31.4. The van der Waals surface area contributed by atoms with Crippen molar-refractivity contribution in [2.75, 3.05) is 13.2 Å². The third-order valence-corrected chi connectivity index (χ3v) is 14.4. The van der Waals surface area contributed by atoms with Crippen LogP contribution in [0.15, 0.2) is 48.6 Å². The normalized spacial score (nSPS) is 12.9. The molecule has 0 spiro atoms. The van der Waals surface area contributed by atoms with Gasteiger partial charge in [-0.05, 0) is 83.5 Å². The van der Waals surface area contributed by atoms with Crippen LogP contribution in [0.3, 0.4) is 0 Å². The van der Waals surface area contributed by atoms with Crippen molar-refractivity contribution in [2.45, 2.75) is 341 Å². The first kappa shape index (κ1) is 68.8. The van der Waals surface area contributed by atoms with Gasteiger partial charge in [-0.25, -0.2) is 0 Å². The predicted molar refractivity (Wildman–Crippen MR) is 310 cm³/mol. The molecule has 0 rings (SSSR count). The van der Waals surface area contributed by atoms with Gasteiger partial charge >= 0.3 is 5.97 Å². The lowest BCUT2D eigenvalue weighted by atomic mass is 10.0. The van der Waals surface area contributed by atoms with Gasteiger partial charge in [-0.3, -0.25) is 9.59 Å². The van der Waals surface area contributed by atoms with Crippen LogP contribution < -0.4 is 5.32 Å². The highest BCUT2D eigenvalue weighted by Crippen LogP contribution is 2.17. The summed E-state index contributed by atoms with van der Waals surface area (Å²) in [5, 5.41) is 23.1. The molecule has 0 bridgehead atoms. The molecule has 0 aromatic carbocycles. The van der Waals surface area contributed by atoms with Crippen molar-refractivity contribution in [2.24, 2.45) is 0 Å². The van der Waals surface area contributed by atoms with Gasteiger partial charge in [0.2, 0.25) is 5.91 Å². The second-order valence-electron chi connectivity index (χ2n) is 21.4. The zero-order chi connectivity index (χ0) is 51.4. The Hall–Kier alpha value is -2.18. The van der Waals surface area contributed by atoms with Gasteiger partial charge in [0.05, 0.1) is 25.4 Å². The first-order valence-corrected chi connectivity index (χ1v) is 31.4. The summed E-state index contributed by atoms with van der Waals surface area (Å²) in [6.45, 7) is 4.89. The molecular formula is C65H121NO5. The number of aliphatic hydroxyl groups is 2. The van der Waals surface area contributed by atoms with E-state index >= 15 is 0 Å². The number of rotatable bonds is 58. The monoisotopic (exact) mass is 996 g/mol. The Bertz CT molecular complexity index is 1190. The van der Waals surface area contributed by atoms with Crippen molar-refractivity contribution in [3.63, 3.8) is 0 Å². The molecule has 3 N–H and O–H groups in total. The van der Waals surface area contributed by atoms with Crippen molar-refractivity contribution in [3.8, 4) is 0 Å². The zero-order valence-electron chi connectivity index (χ0n) is 47.5. The summed E-state index contributed by atoms with van der Waals surface area (Å²) in [7, 11) is 0. The Kier molecular flexibility index (Phi) is 58.5. The molecule has 2 unspecified atom stereocenters. The maximum Gasteiger partial charge on any atom is 0.305 e. The van der Waals surface area contributed by atoms with E-state index in [2.05, 4.69) is 67.8 Å². The smallest absolute Gasteiger partial charge is 0.305 e. The van der Waals surface area contributed by atoms with Gasteiger partial charge in [-0.2, -0.15) is 0 Å². The number of esters is 1. The standard InChI is InChI=1S/C65H121NO5/c1-3-5-7-9-11-13-14-15-36-39-43-47-51-55-59-65(70)71-60-56-52-48-44-40-37-34-32-30-28-26-24-22-20-18-16-17-19-21-23-25-27-29-31-33-35-38-42-46-50-54-58-64(69)66-62(61-67)63(68)57-53-49-45-41-12-10-8-6-4-2/h9,11,14-15,18,20,24,26,62-63,67-68H,3-8,10,12-13,16-17,19,21-23,25,27-61H2,1-2H3,(H,66,69)/b11-9-,15-14-,20-18-,26-24-. The highest BCUT2D eigenvalue weighted by atomic mass is 16.5. The molecular weight excluding hydrogens is 875 g/mol. The van der Waals surface area contributed by atoms with Crippen LogP contribution in [0.4, 0.5) is 0 Å². The maximum atomic E-state index is 12.4. The number of nitrogens with one attached hydrogen (secondary N) is 1. The molecule has 0 aromatic heterocycles. The number of hydrogen-bond donors (Lipinski definition) is 3. The molecule has 6 heteroatoms. The van der Waals surface area contributed by atoms with Crippen LogP contribution in [-0.2, 0) is 14.3 Å². The fraction of sp³-hybridized carbons (Fsp3) is 0.846. The average molecular weight is 997 g/mol. The van der Waals surface area contributed by atoms with E-state index in [9.17, 15) is 19.8 Å². The first-order chi connectivity index (χ1) is 35.0. The fourth-order valence-electron chi connectivity index (χ4n) is 9.51. The van der Waals surface area contributed by atoms with E-state index in [-0.39, 0.29) is 18.5 Å². The second-order valence-corrected chi connectivity index (χ2v) is 21.4. The number of ether oxygens (including phenoxy) is 1. The summed E-state index contributed by atoms with van der Waals surface area (Å²) in [6, 6.07) is -0.539. The Labute approximate surface area is 442 Å². The highest BCUT2D eigenvalue weighted by Gasteiger charge is 2.20. The Morgan fingerprint density at radius 1 is 0.394 bits per heavy atom. The number of hydrogen-bond acceptors (Lipinski definition) is 5. The van der Waals surface area contributed by atoms with E-state index in [4.69, 9.17) is 4.74 Å². The number of allylic oxidation sites excluding steroid dienone is 8. The van der Waals surface area contributed by atoms with Gasteiger partial charge in [0.1, 0.15) is 0 Å². The molecule has 0 saturated carbocycles. The third kappa shape index (κ3) is 57.0. The van der Waals surface area contributed by atoms with Gasteiger partial charge in [0.15, 0.2) is 0 Å². The van der Waals surface area contributed by atoms with Crippen LogP contribution in [0.2, 0.25) is 0 Å². The van der Waals surface area contributed by atoms with Crippen LogP contribution in [0.25, 0.3) is 0 Å². The van der Waals surface area contributed by atoms with Gasteiger partial charge in [-0.1, -0.05) is 281 Å². The molecule has 416 valence electrons. The molecule has 0 saturated heterocycles. The maximum absolute atomic E-state index is 12.4. The largest absolute Gasteiger partial charge is 0.466 e. The third-order valence-electron chi connectivity index (χ3n) is 14.4. The Morgan fingerprint density at radius 3 is 1.11 bits per heavy atom. The summed E-state index contributed by atoms with van der Waals surface area (Å²) >= 11 is 0. The number of aliphatic hydroxyl groups excluding tert-OH is 2. The van der Waals surface area contributed by atoms with E-state index in [1.54, 1.807) is 0 Å². The Balaban J connectivity index is 3.37. The van der Waals surface area contributed by atoms with Gasteiger partial charge < -0.3 is 20.3 Å². The summed E-state index contributed by atoms with van der Waals surface area (Å²) < 4.78 is 5.47. The van der Waals surface area contributed by atoms with Gasteiger partial charge in [0.25, 0.3) is 0 Å². The molecule has 6 nitrogen and oxygen atoms in total. The summed E-state index contributed by atoms with van der Waals surface area (Å²) in [5.74, 6) is -0.0385. The van der Waals surface area contributed by atoms with E-state index < -0.39 is 12.1 Å². The van der Waals surface area contributed by atoms with E-state index in [0.29, 0.717) is 25.9 Å². The number of carbonyl (C=O) groups excluding carboxylic acids is 2. The van der Waals surface area contributed by atoms with Crippen molar-refractivity contribution in [1.29, 1.82) is 0 Å². The lowest BCUT2D eigenvalue weighted by Crippen LogP contribution is -2.45. The second kappa shape index (κ2) is 60.4. The molecule has 1 amide bonds. The van der Waals surface area contributed by atoms with E-state index in [1.807, 2.05) is 0 Å². The fourth-order valence-corrected chi connectivity index (χ4v) is 9.51. The molecule has 2 atom stereocenters. The minimum absolute atomic E-state index is 0.00193. The van der Waals surface area contributed by atoms with Crippen LogP contribution in [0, 0.1) is 0 Å². The highest BCUT2D eigenvalue weighted by molar-refractivity contribution is 5.76. The molecule has 0 aliphatic carbocycles. The molecule has 0 heterocycles. The summed E-state index contributed by atoms with van der Waals surface area (Å²) in [6.07, 6.45) is 77.2. The molecule has 71 heavy (non-hydrogen) atoms.